The fraction of sp³-hybridized carbons (Fsp3) is 0.423. The highest BCUT2D eigenvalue weighted by atomic mass is 16.5. The summed E-state index contributed by atoms with van der Waals surface area (Å²) >= 11 is 0. The lowest BCUT2D eigenvalue weighted by molar-refractivity contribution is -0.146. The van der Waals surface area contributed by atoms with Crippen LogP contribution in [0.3, 0.4) is 0 Å². The van der Waals surface area contributed by atoms with E-state index in [0.717, 1.165) is 22.3 Å². The Labute approximate surface area is 198 Å². The molecule has 8 nitrogen and oxygen atoms in total. The quantitative estimate of drug-likeness (QED) is 0.619. The largest absolute Gasteiger partial charge is 0.481 e. The van der Waals surface area contributed by atoms with Crippen LogP contribution in [0.4, 0.5) is 4.79 Å². The number of alkyl carbamates (subject to hydrolysis) is 1. The number of carbonyl (C=O) groups is 3. The number of aliphatic carboxylic acids is 1. The molecule has 2 aromatic rings. The minimum Gasteiger partial charge on any atom is -0.481 e. The molecule has 0 radical (unpaired) electrons. The third kappa shape index (κ3) is 5.22. The van der Waals surface area contributed by atoms with Gasteiger partial charge in [0.2, 0.25) is 5.91 Å². The third-order valence-electron chi connectivity index (χ3n) is 6.68. The van der Waals surface area contributed by atoms with Gasteiger partial charge in [0.25, 0.3) is 0 Å². The van der Waals surface area contributed by atoms with Crippen LogP contribution >= 0.6 is 0 Å². The van der Waals surface area contributed by atoms with Gasteiger partial charge in [0, 0.05) is 32.7 Å². The van der Waals surface area contributed by atoms with Gasteiger partial charge < -0.3 is 24.8 Å². The average molecular weight is 467 g/mol. The van der Waals surface area contributed by atoms with Crippen molar-refractivity contribution in [2.45, 2.75) is 31.3 Å². The first-order valence-corrected chi connectivity index (χ1v) is 11.6. The predicted octanol–water partition coefficient (Wildman–Crippen LogP) is 3.25. The van der Waals surface area contributed by atoms with Crippen molar-refractivity contribution in [3.8, 4) is 11.1 Å². The van der Waals surface area contributed by atoms with Crippen molar-refractivity contribution >= 4 is 18.0 Å². The van der Waals surface area contributed by atoms with E-state index < -0.39 is 24.1 Å². The van der Waals surface area contributed by atoms with Crippen LogP contribution in [0.15, 0.2) is 48.5 Å². The van der Waals surface area contributed by atoms with Crippen molar-refractivity contribution < 1.29 is 29.0 Å². The Balaban J connectivity index is 1.27. The van der Waals surface area contributed by atoms with Gasteiger partial charge in [0.15, 0.2) is 0 Å². The second kappa shape index (κ2) is 10.7. The second-order valence-corrected chi connectivity index (χ2v) is 8.79. The Bertz CT molecular complexity index is 1010. The lowest BCUT2D eigenvalue weighted by Gasteiger charge is -2.31. The summed E-state index contributed by atoms with van der Waals surface area (Å²) in [7, 11) is 1.48. The van der Waals surface area contributed by atoms with Crippen LogP contribution in [-0.4, -0.2) is 67.4 Å². The Morgan fingerprint density at radius 3 is 2.35 bits per heavy atom. The molecule has 2 aromatic carbocycles. The first-order chi connectivity index (χ1) is 16.5. The first-order valence-electron chi connectivity index (χ1n) is 11.6. The van der Waals surface area contributed by atoms with Crippen LogP contribution in [0.1, 0.15) is 36.3 Å². The minimum atomic E-state index is -0.877. The number of ether oxygens (including phenoxy) is 2. The summed E-state index contributed by atoms with van der Waals surface area (Å²) in [6.45, 7) is 1.08. The van der Waals surface area contributed by atoms with Gasteiger partial charge in [-0.15, -0.1) is 0 Å². The number of nitrogens with zero attached hydrogens (tertiary/aromatic N) is 1. The molecule has 8 heteroatoms. The molecule has 1 heterocycles. The Morgan fingerprint density at radius 1 is 1.09 bits per heavy atom. The third-order valence-corrected chi connectivity index (χ3v) is 6.68. The Morgan fingerprint density at radius 2 is 1.74 bits per heavy atom. The zero-order valence-electron chi connectivity index (χ0n) is 19.2. The van der Waals surface area contributed by atoms with Crippen LogP contribution in [0, 0.1) is 5.92 Å². The summed E-state index contributed by atoms with van der Waals surface area (Å²) in [5.74, 6) is -1.61. The molecule has 2 atom stereocenters. The van der Waals surface area contributed by atoms with Crippen LogP contribution in [0.5, 0.6) is 0 Å². The van der Waals surface area contributed by atoms with Crippen molar-refractivity contribution in [2.24, 2.45) is 5.92 Å². The summed E-state index contributed by atoms with van der Waals surface area (Å²) in [5.41, 5.74) is 4.59. The van der Waals surface area contributed by atoms with Crippen LogP contribution < -0.4 is 5.32 Å². The number of hydrogen-bond donors (Lipinski definition) is 2. The number of rotatable bonds is 8. The van der Waals surface area contributed by atoms with E-state index in [1.165, 1.54) is 7.11 Å². The molecule has 2 aliphatic rings. The number of hydrogen-bond acceptors (Lipinski definition) is 5. The molecule has 2 amide bonds. The lowest BCUT2D eigenvalue weighted by Crippen LogP contribution is -2.44. The van der Waals surface area contributed by atoms with E-state index in [1.54, 1.807) is 4.90 Å². The molecule has 4 rings (SSSR count). The maximum atomic E-state index is 12.6. The minimum absolute atomic E-state index is 0.0285. The Hall–Kier alpha value is -3.39. The van der Waals surface area contributed by atoms with E-state index >= 15 is 0 Å². The van der Waals surface area contributed by atoms with E-state index in [4.69, 9.17) is 9.47 Å². The molecule has 2 unspecified atom stereocenters. The summed E-state index contributed by atoms with van der Waals surface area (Å²) in [4.78, 5) is 37.8. The number of fused-ring (bicyclic) bond motifs is 3. The van der Waals surface area contributed by atoms with E-state index in [-0.39, 0.29) is 37.9 Å². The number of amides is 2. The SMILES string of the molecule is COC(CNC(=O)OCC1c2ccccc2-c2ccccc21)CC(=O)N1CCCC(C(=O)O)C1. The van der Waals surface area contributed by atoms with Gasteiger partial charge >= 0.3 is 12.1 Å². The number of carboxylic acids is 1. The summed E-state index contributed by atoms with van der Waals surface area (Å²) in [6, 6.07) is 16.3. The van der Waals surface area contributed by atoms with Gasteiger partial charge in [-0.05, 0) is 35.1 Å². The first kappa shape index (κ1) is 23.8. The molecule has 1 aliphatic heterocycles. The van der Waals surface area contributed by atoms with Crippen LogP contribution in [0.2, 0.25) is 0 Å². The molecule has 1 aliphatic carbocycles. The molecule has 1 saturated heterocycles. The van der Waals surface area contributed by atoms with Crippen molar-refractivity contribution in [1.82, 2.24) is 10.2 Å². The van der Waals surface area contributed by atoms with E-state index in [0.29, 0.717) is 19.4 Å². The summed E-state index contributed by atoms with van der Waals surface area (Å²) < 4.78 is 10.9. The number of nitrogens with one attached hydrogen (secondary N) is 1. The Kier molecular flexibility index (Phi) is 7.47. The van der Waals surface area contributed by atoms with E-state index in [9.17, 15) is 19.5 Å². The van der Waals surface area contributed by atoms with Crippen molar-refractivity contribution in [3.63, 3.8) is 0 Å². The van der Waals surface area contributed by atoms with Crippen LogP contribution in [0.25, 0.3) is 11.1 Å². The van der Waals surface area contributed by atoms with Crippen molar-refractivity contribution in [3.05, 3.63) is 59.7 Å². The number of likely N-dealkylation sites (tertiary alicyclic amines) is 1. The van der Waals surface area contributed by atoms with Gasteiger partial charge in [-0.25, -0.2) is 4.79 Å². The fourth-order valence-electron chi connectivity index (χ4n) is 4.81. The zero-order chi connectivity index (χ0) is 24.1. The molecule has 2 N–H and O–H groups in total. The summed E-state index contributed by atoms with van der Waals surface area (Å²) in [6.07, 6.45) is 0.208. The monoisotopic (exact) mass is 466 g/mol. The lowest BCUT2D eigenvalue weighted by atomic mass is 9.98. The number of benzene rings is 2. The van der Waals surface area contributed by atoms with Gasteiger partial charge in [-0.1, -0.05) is 48.5 Å². The number of piperidine rings is 1. The van der Waals surface area contributed by atoms with Crippen molar-refractivity contribution in [2.75, 3.05) is 33.4 Å². The molecular weight excluding hydrogens is 436 g/mol. The standard InChI is InChI=1S/C26H30N2O6/c1-33-18(13-24(29)28-12-6-7-17(15-28)25(30)31)14-27-26(32)34-16-23-21-10-4-2-8-19(21)20-9-3-5-11-22(20)23/h2-5,8-11,17-18,23H,6-7,12-16H2,1H3,(H,27,32)(H,30,31). The van der Waals surface area contributed by atoms with Crippen molar-refractivity contribution in [1.29, 1.82) is 0 Å². The molecule has 0 bridgehead atoms. The van der Waals surface area contributed by atoms with Gasteiger partial charge in [0.05, 0.1) is 18.4 Å². The topological polar surface area (TPSA) is 105 Å². The van der Waals surface area contributed by atoms with E-state index in [1.807, 2.05) is 24.3 Å². The fourth-order valence-corrected chi connectivity index (χ4v) is 4.81. The highest BCUT2D eigenvalue weighted by Crippen LogP contribution is 2.44. The molecule has 180 valence electrons. The zero-order valence-corrected chi connectivity index (χ0v) is 19.2. The highest BCUT2D eigenvalue weighted by Gasteiger charge is 2.30. The summed E-state index contributed by atoms with van der Waals surface area (Å²) in [5, 5.41) is 11.9. The number of carboxylic acid groups (broad SMARTS) is 1. The van der Waals surface area contributed by atoms with Gasteiger partial charge in [-0.3, -0.25) is 9.59 Å². The van der Waals surface area contributed by atoms with E-state index in [2.05, 4.69) is 29.6 Å². The maximum Gasteiger partial charge on any atom is 0.407 e. The molecular formula is C26H30N2O6. The number of methoxy groups -OCH3 is 1. The molecule has 0 aromatic heterocycles. The molecule has 34 heavy (non-hydrogen) atoms. The van der Waals surface area contributed by atoms with Gasteiger partial charge in [-0.2, -0.15) is 0 Å². The average Bonchev–Trinajstić information content (AvgIpc) is 3.18. The normalized spacial score (nSPS) is 18.0. The predicted molar refractivity (Wildman–Crippen MR) is 125 cm³/mol. The molecule has 0 saturated carbocycles. The molecule has 0 spiro atoms. The number of carbonyl (C=O) groups excluding carboxylic acids is 2. The molecule has 1 fully saturated rings. The van der Waals surface area contributed by atoms with Crippen LogP contribution in [-0.2, 0) is 19.1 Å². The maximum absolute atomic E-state index is 12.6. The highest BCUT2D eigenvalue weighted by molar-refractivity contribution is 5.79. The van der Waals surface area contributed by atoms with Gasteiger partial charge in [0.1, 0.15) is 6.61 Å². The second-order valence-electron chi connectivity index (χ2n) is 8.79. The smallest absolute Gasteiger partial charge is 0.407 e.